The van der Waals surface area contributed by atoms with Gasteiger partial charge in [-0.05, 0) is 13.8 Å². The molecule has 58 valence electrons. The van der Waals surface area contributed by atoms with Crippen LogP contribution in [-0.2, 0) is 0 Å². The second-order valence-electron chi connectivity index (χ2n) is 1.74. The average molecular weight is 150 g/mol. The molecule has 0 aromatic rings. The summed E-state index contributed by atoms with van der Waals surface area (Å²) in [5.41, 5.74) is -0.602. The lowest BCUT2D eigenvalue weighted by Crippen LogP contribution is -2.09. The second-order valence-corrected chi connectivity index (χ2v) is 1.74. The van der Waals surface area contributed by atoms with Crippen molar-refractivity contribution >= 4 is 0 Å². The van der Waals surface area contributed by atoms with Gasteiger partial charge in [-0.2, -0.15) is 13.2 Å². The van der Waals surface area contributed by atoms with Crippen molar-refractivity contribution in [3.63, 3.8) is 0 Å². The first-order valence-electron chi connectivity index (χ1n) is 2.88. The zero-order chi connectivity index (χ0) is 8.20. The van der Waals surface area contributed by atoms with E-state index in [9.17, 15) is 13.2 Å². The molecule has 3 heteroatoms. The summed E-state index contributed by atoms with van der Waals surface area (Å²) < 4.78 is 35.4. The van der Waals surface area contributed by atoms with E-state index in [0.717, 1.165) is 12.2 Å². The zero-order valence-electron chi connectivity index (χ0n) is 5.87. The summed E-state index contributed by atoms with van der Waals surface area (Å²) in [7, 11) is 0. The molecular weight excluding hydrogens is 141 g/mol. The van der Waals surface area contributed by atoms with E-state index in [1.54, 1.807) is 6.92 Å². The molecule has 0 aromatic carbocycles. The van der Waals surface area contributed by atoms with Crippen LogP contribution in [0.25, 0.3) is 0 Å². The highest BCUT2D eigenvalue weighted by molar-refractivity contribution is 5.22. The Labute approximate surface area is 58.0 Å². The van der Waals surface area contributed by atoms with Gasteiger partial charge in [0.25, 0.3) is 0 Å². The van der Waals surface area contributed by atoms with Gasteiger partial charge in [-0.25, -0.2) is 0 Å². The maximum absolute atomic E-state index is 11.8. The summed E-state index contributed by atoms with van der Waals surface area (Å²) in [6, 6.07) is 0. The fraction of sp³-hybridized carbons (Fsp3) is 0.429. The van der Waals surface area contributed by atoms with Crippen molar-refractivity contribution in [1.82, 2.24) is 0 Å². The van der Waals surface area contributed by atoms with Gasteiger partial charge in [-0.15, -0.1) is 0 Å². The lowest BCUT2D eigenvalue weighted by Gasteiger charge is -2.05. The first-order chi connectivity index (χ1) is 4.52. The molecule has 0 radical (unpaired) electrons. The Morgan fingerprint density at radius 3 is 1.80 bits per heavy atom. The summed E-state index contributed by atoms with van der Waals surface area (Å²) >= 11 is 0. The molecule has 0 N–H and O–H groups in total. The fourth-order valence-corrected chi connectivity index (χ4v) is 0.534. The van der Waals surface area contributed by atoms with Crippen LogP contribution in [0.4, 0.5) is 13.2 Å². The Kier molecular flexibility index (Phi) is 3.19. The smallest absolute Gasteiger partial charge is 0.166 e. The summed E-state index contributed by atoms with van der Waals surface area (Å²) in [5.74, 6) is 0. The van der Waals surface area contributed by atoms with Crippen LogP contribution in [0.3, 0.4) is 0 Å². The van der Waals surface area contributed by atoms with Crippen LogP contribution >= 0.6 is 0 Å². The predicted molar refractivity (Wildman–Crippen MR) is 34.6 cm³/mol. The number of rotatable bonds is 1. The van der Waals surface area contributed by atoms with E-state index in [1.165, 1.54) is 13.0 Å². The minimum atomic E-state index is -4.21. The van der Waals surface area contributed by atoms with Gasteiger partial charge in [-0.1, -0.05) is 18.2 Å². The van der Waals surface area contributed by atoms with Crippen LogP contribution in [0.15, 0.2) is 23.8 Å². The minimum Gasteiger partial charge on any atom is -0.166 e. The molecule has 0 nitrogen and oxygen atoms in total. The van der Waals surface area contributed by atoms with Crippen molar-refractivity contribution in [2.45, 2.75) is 20.0 Å². The average Bonchev–Trinajstić information content (AvgIpc) is 1.80. The Balaban J connectivity index is 4.39. The van der Waals surface area contributed by atoms with Crippen LogP contribution in [0.1, 0.15) is 13.8 Å². The maximum atomic E-state index is 11.8. The van der Waals surface area contributed by atoms with E-state index in [-0.39, 0.29) is 0 Å². The van der Waals surface area contributed by atoms with Gasteiger partial charge in [0.1, 0.15) is 0 Å². The minimum absolute atomic E-state index is 0.602. The number of hydrogen-bond donors (Lipinski definition) is 0. The highest BCUT2D eigenvalue weighted by atomic mass is 19.4. The number of halogens is 3. The topological polar surface area (TPSA) is 0 Å². The third-order valence-electron chi connectivity index (χ3n) is 0.985. The highest BCUT2D eigenvalue weighted by Gasteiger charge is 2.30. The largest absolute Gasteiger partial charge is 0.416 e. The van der Waals surface area contributed by atoms with E-state index in [2.05, 4.69) is 0 Å². The van der Waals surface area contributed by atoms with Gasteiger partial charge >= 0.3 is 6.18 Å². The van der Waals surface area contributed by atoms with Crippen molar-refractivity contribution < 1.29 is 13.2 Å². The molecule has 0 spiro atoms. The Hall–Kier alpha value is -0.730. The third kappa shape index (κ3) is 2.71. The van der Waals surface area contributed by atoms with Crippen molar-refractivity contribution in [3.8, 4) is 0 Å². The van der Waals surface area contributed by atoms with E-state index in [1.807, 2.05) is 0 Å². The van der Waals surface area contributed by atoms with Crippen molar-refractivity contribution in [2.24, 2.45) is 0 Å². The zero-order valence-corrected chi connectivity index (χ0v) is 5.87. The van der Waals surface area contributed by atoms with E-state index >= 15 is 0 Å². The molecular formula is C7H9F3. The third-order valence-corrected chi connectivity index (χ3v) is 0.985. The summed E-state index contributed by atoms with van der Waals surface area (Å²) in [6.07, 6.45) is -0.760. The van der Waals surface area contributed by atoms with Crippen molar-refractivity contribution in [1.29, 1.82) is 0 Å². The fourth-order valence-electron chi connectivity index (χ4n) is 0.534. The Morgan fingerprint density at radius 1 is 1.20 bits per heavy atom. The lowest BCUT2D eigenvalue weighted by atomic mass is 10.2. The molecule has 0 rings (SSSR count). The molecule has 0 unspecified atom stereocenters. The van der Waals surface area contributed by atoms with Gasteiger partial charge in [0.05, 0.1) is 5.57 Å². The molecule has 0 aliphatic heterocycles. The molecule has 0 aliphatic rings. The monoisotopic (exact) mass is 150 g/mol. The molecule has 0 amide bonds. The van der Waals surface area contributed by atoms with E-state index < -0.39 is 11.7 Å². The Bertz CT molecular complexity index is 151. The van der Waals surface area contributed by atoms with Crippen molar-refractivity contribution in [3.05, 3.63) is 23.8 Å². The van der Waals surface area contributed by atoms with Gasteiger partial charge in [0.15, 0.2) is 0 Å². The van der Waals surface area contributed by atoms with Crippen LogP contribution < -0.4 is 0 Å². The van der Waals surface area contributed by atoms with Crippen LogP contribution in [0.5, 0.6) is 0 Å². The van der Waals surface area contributed by atoms with Crippen LogP contribution in [0.2, 0.25) is 0 Å². The molecule has 0 bridgehead atoms. The second kappa shape index (κ2) is 3.44. The maximum Gasteiger partial charge on any atom is 0.416 e. The first kappa shape index (κ1) is 9.27. The standard InChI is InChI=1S/C7H9F3/c1-3-5-6(4-2)7(8,9)10/h3-5H,1-2H3/b5-3+,6-4-. The van der Waals surface area contributed by atoms with Gasteiger partial charge in [0.2, 0.25) is 0 Å². The normalized spacial score (nSPS) is 14.7. The molecule has 0 fully saturated rings. The van der Waals surface area contributed by atoms with E-state index in [4.69, 9.17) is 0 Å². The number of allylic oxidation sites excluding steroid dienone is 4. The molecule has 10 heavy (non-hydrogen) atoms. The molecule has 0 aromatic heterocycles. The van der Waals surface area contributed by atoms with Crippen LogP contribution in [0, 0.1) is 0 Å². The van der Waals surface area contributed by atoms with Crippen molar-refractivity contribution in [2.75, 3.05) is 0 Å². The quantitative estimate of drug-likeness (QED) is 0.504. The number of hydrogen-bond acceptors (Lipinski definition) is 0. The van der Waals surface area contributed by atoms with Crippen LogP contribution in [-0.4, -0.2) is 6.18 Å². The van der Waals surface area contributed by atoms with Gasteiger partial charge in [0, 0.05) is 0 Å². The molecule has 0 heterocycles. The molecule has 0 saturated carbocycles. The SMILES string of the molecule is C/C=C(/C=C/C)C(F)(F)F. The number of alkyl halides is 3. The molecule has 0 saturated heterocycles. The predicted octanol–water partition coefficient (Wildman–Crippen LogP) is 3.07. The summed E-state index contributed by atoms with van der Waals surface area (Å²) in [4.78, 5) is 0. The van der Waals surface area contributed by atoms with E-state index in [0.29, 0.717) is 0 Å². The van der Waals surface area contributed by atoms with Gasteiger partial charge in [-0.3, -0.25) is 0 Å². The summed E-state index contributed by atoms with van der Waals surface area (Å²) in [5, 5.41) is 0. The Morgan fingerprint density at radius 2 is 1.70 bits per heavy atom. The van der Waals surface area contributed by atoms with Gasteiger partial charge < -0.3 is 0 Å². The first-order valence-corrected chi connectivity index (χ1v) is 2.88. The lowest BCUT2D eigenvalue weighted by molar-refractivity contribution is -0.0883. The molecule has 0 aliphatic carbocycles. The summed E-state index contributed by atoms with van der Waals surface area (Å²) in [6.45, 7) is 2.91. The highest BCUT2D eigenvalue weighted by Crippen LogP contribution is 2.25. The molecule has 0 atom stereocenters.